The Kier molecular flexibility index (Phi) is 7.79. The number of carbonyl (C=O) groups excluding carboxylic acids is 2. The number of anilines is 1. The third kappa shape index (κ3) is 5.52. The number of hydrogen-bond acceptors (Lipinski definition) is 13. The minimum absolute atomic E-state index is 0.0494. The molecule has 15 nitrogen and oxygen atoms in total. The fourth-order valence-corrected chi connectivity index (χ4v) is 6.55. The van der Waals surface area contributed by atoms with Gasteiger partial charge in [-0.05, 0) is 30.7 Å². The molecule has 3 heterocycles. The Balaban J connectivity index is 1.54. The summed E-state index contributed by atoms with van der Waals surface area (Å²) in [5.41, 5.74) is 5.33. The third-order valence-electron chi connectivity index (χ3n) is 5.46. The lowest BCUT2D eigenvalue weighted by Crippen LogP contribution is -2.74. The Morgan fingerprint density at radius 1 is 1.33 bits per heavy atom. The molecule has 0 radical (unpaired) electrons. The van der Waals surface area contributed by atoms with Gasteiger partial charge < -0.3 is 25.2 Å². The number of aryl methyl sites for hydroxylation is 1. The number of carboxylic acid groups (broad SMARTS) is 1. The maximum absolute atomic E-state index is 13.0. The lowest BCUT2D eigenvalue weighted by Gasteiger charge is -2.48. The molecule has 0 bridgehead atoms. The highest BCUT2D eigenvalue weighted by molar-refractivity contribution is 7.87. The number of nitrogens with zero attached hydrogens (tertiary/aromatic N) is 4. The van der Waals surface area contributed by atoms with Crippen LogP contribution in [0.3, 0.4) is 0 Å². The van der Waals surface area contributed by atoms with E-state index in [9.17, 15) is 32.1 Å². The molecule has 2 amide bonds. The average molecular weight is 597 g/mol. The average Bonchev–Trinajstić information content (AvgIpc) is 3.31. The summed E-state index contributed by atoms with van der Waals surface area (Å²) in [4.78, 5) is 46.9. The fourth-order valence-electron chi connectivity index (χ4n) is 3.69. The largest absolute Gasteiger partial charge is 0.477 e. The van der Waals surface area contributed by atoms with Crippen molar-refractivity contribution in [1.29, 1.82) is 0 Å². The molecule has 1 fully saturated rings. The van der Waals surface area contributed by atoms with Crippen molar-refractivity contribution in [3.63, 3.8) is 0 Å². The van der Waals surface area contributed by atoms with E-state index in [1.807, 2.05) is 0 Å². The monoisotopic (exact) mass is 596 g/mol. The Morgan fingerprint density at radius 3 is 2.62 bits per heavy atom. The van der Waals surface area contributed by atoms with E-state index >= 15 is 0 Å². The summed E-state index contributed by atoms with van der Waals surface area (Å²) in [6, 6.07) is 4.49. The quantitative estimate of drug-likeness (QED) is 0.109. The Hall–Kier alpha value is -4.16. The number of benzene rings is 1. The summed E-state index contributed by atoms with van der Waals surface area (Å²) in [5.74, 6) is -3.86. The number of nitrogens with one attached hydrogen (secondary N) is 1. The van der Waals surface area contributed by atoms with Crippen molar-refractivity contribution >= 4 is 61.1 Å². The number of aromatic nitrogens is 2. The van der Waals surface area contributed by atoms with Gasteiger partial charge in [-0.1, -0.05) is 22.9 Å². The van der Waals surface area contributed by atoms with Gasteiger partial charge in [0.1, 0.15) is 35.4 Å². The van der Waals surface area contributed by atoms with Crippen molar-refractivity contribution in [1.82, 2.24) is 19.6 Å². The number of rotatable bonds is 9. The van der Waals surface area contributed by atoms with Crippen LogP contribution in [0.2, 0.25) is 0 Å². The van der Waals surface area contributed by atoms with Gasteiger partial charge in [0.25, 0.3) is 11.8 Å². The van der Waals surface area contributed by atoms with Gasteiger partial charge in [-0.3, -0.25) is 18.7 Å². The first-order valence-electron chi connectivity index (χ1n) is 10.8. The molecule has 18 heteroatoms. The van der Waals surface area contributed by atoms with Crippen LogP contribution >= 0.6 is 11.5 Å². The standard InChI is InChI=1S/C21H20N6O9S3/c1-10-3-5-12(6-4-10)39(33,34)36-8-7-11-9-38(32)19-14(18(29)27(19)15(11)20(30)31)23-17(28)13(25-35-2)16-24-21(22)37-26-16/h3-8,14,19H,9H2,1-2H3,(H,23,28)(H,30,31)(H2,22,24,26)/t14?,19-,38?/m0/s1. The second-order valence-electron chi connectivity index (χ2n) is 8.00. The minimum atomic E-state index is -4.21. The molecule has 206 valence electrons. The third-order valence-corrected chi connectivity index (χ3v) is 8.83. The van der Waals surface area contributed by atoms with Gasteiger partial charge in [-0.15, -0.1) is 0 Å². The highest BCUT2D eigenvalue weighted by Gasteiger charge is 2.57. The summed E-state index contributed by atoms with van der Waals surface area (Å²) in [6.45, 7) is 1.78. The zero-order valence-electron chi connectivity index (χ0n) is 20.1. The number of carboxylic acids is 1. The van der Waals surface area contributed by atoms with Crippen LogP contribution in [-0.4, -0.2) is 79.8 Å². The molecule has 2 aliphatic rings. The Labute approximate surface area is 227 Å². The van der Waals surface area contributed by atoms with Crippen molar-refractivity contribution in [3.8, 4) is 0 Å². The fraction of sp³-hybridized carbons (Fsp3) is 0.238. The highest BCUT2D eigenvalue weighted by atomic mass is 32.2. The molecule has 2 aliphatic heterocycles. The van der Waals surface area contributed by atoms with Crippen molar-refractivity contribution in [3.05, 3.63) is 59.3 Å². The molecule has 39 heavy (non-hydrogen) atoms. The van der Waals surface area contributed by atoms with Crippen LogP contribution in [0, 0.1) is 6.92 Å². The van der Waals surface area contributed by atoms with Crippen molar-refractivity contribution in [2.24, 2.45) is 5.16 Å². The van der Waals surface area contributed by atoms with Gasteiger partial charge in [0.15, 0.2) is 5.13 Å². The van der Waals surface area contributed by atoms with Crippen molar-refractivity contribution < 1.29 is 41.1 Å². The van der Waals surface area contributed by atoms with Gasteiger partial charge in [0, 0.05) is 11.5 Å². The summed E-state index contributed by atoms with van der Waals surface area (Å²) >= 11 is 0.795. The molecule has 1 saturated heterocycles. The van der Waals surface area contributed by atoms with Crippen LogP contribution in [0.5, 0.6) is 0 Å². The molecule has 0 aliphatic carbocycles. The van der Waals surface area contributed by atoms with Gasteiger partial charge in [-0.25, -0.2) is 4.79 Å². The zero-order valence-corrected chi connectivity index (χ0v) is 22.6. The highest BCUT2D eigenvalue weighted by Crippen LogP contribution is 2.35. The number of fused-ring (bicyclic) bond motifs is 1. The Morgan fingerprint density at radius 2 is 2.03 bits per heavy atom. The maximum atomic E-state index is 13.0. The molecular formula is C21H20N6O9S3. The molecule has 2 unspecified atom stereocenters. The molecule has 4 rings (SSSR count). The van der Waals surface area contributed by atoms with E-state index in [1.54, 1.807) is 19.1 Å². The summed E-state index contributed by atoms with van der Waals surface area (Å²) in [5, 5.41) is 14.5. The molecule has 3 atom stereocenters. The summed E-state index contributed by atoms with van der Waals surface area (Å²) < 4.78 is 46.5. The van der Waals surface area contributed by atoms with Crippen molar-refractivity contribution in [2.45, 2.75) is 23.2 Å². The van der Waals surface area contributed by atoms with Crippen LogP contribution < -0.4 is 11.1 Å². The van der Waals surface area contributed by atoms with Crippen molar-refractivity contribution in [2.75, 3.05) is 18.6 Å². The molecule has 2 aromatic rings. The van der Waals surface area contributed by atoms with E-state index in [2.05, 4.69) is 24.7 Å². The number of amides is 2. The number of hydrogen-bond donors (Lipinski definition) is 3. The number of allylic oxidation sites excluding steroid dienone is 1. The van der Waals surface area contributed by atoms with Crippen LogP contribution in [-0.2, 0) is 44.3 Å². The maximum Gasteiger partial charge on any atom is 0.352 e. The second-order valence-corrected chi connectivity index (χ2v) is 11.9. The number of nitrogens with two attached hydrogens (primary N) is 1. The first-order chi connectivity index (χ1) is 18.4. The topological polar surface area (TPSA) is 221 Å². The van der Waals surface area contributed by atoms with Gasteiger partial charge in [-0.2, -0.15) is 17.8 Å². The molecule has 0 spiro atoms. The predicted molar refractivity (Wildman–Crippen MR) is 137 cm³/mol. The lowest BCUT2D eigenvalue weighted by molar-refractivity contribution is -0.150. The summed E-state index contributed by atoms with van der Waals surface area (Å²) in [7, 11) is -4.93. The molecular weight excluding hydrogens is 576 g/mol. The van der Waals surface area contributed by atoms with Gasteiger partial charge >= 0.3 is 16.1 Å². The first-order valence-corrected chi connectivity index (χ1v) is 14.4. The lowest BCUT2D eigenvalue weighted by atomic mass is 10.0. The van der Waals surface area contributed by atoms with E-state index in [1.165, 1.54) is 19.2 Å². The normalized spacial score (nSPS) is 21.4. The number of aliphatic carboxylic acids is 1. The molecule has 0 saturated carbocycles. The van der Waals surface area contributed by atoms with Crippen LogP contribution in [0.15, 0.2) is 57.9 Å². The molecule has 1 aromatic heterocycles. The summed E-state index contributed by atoms with van der Waals surface area (Å²) in [6.07, 6.45) is 1.76. The molecule has 1 aromatic carbocycles. The minimum Gasteiger partial charge on any atom is -0.477 e. The van der Waals surface area contributed by atoms with E-state index in [4.69, 9.17) is 9.92 Å². The van der Waals surface area contributed by atoms with E-state index in [0.717, 1.165) is 34.3 Å². The van der Waals surface area contributed by atoms with Crippen LogP contribution in [0.4, 0.5) is 5.13 Å². The van der Waals surface area contributed by atoms with Crippen LogP contribution in [0.25, 0.3) is 0 Å². The smallest absolute Gasteiger partial charge is 0.352 e. The number of carbonyl (C=O) groups is 3. The van der Waals surface area contributed by atoms with E-state index in [0.29, 0.717) is 0 Å². The van der Waals surface area contributed by atoms with Gasteiger partial charge in [0.2, 0.25) is 11.5 Å². The Bertz CT molecular complexity index is 1560. The first kappa shape index (κ1) is 27.9. The molecule has 4 N–H and O–H groups in total. The number of nitrogen functional groups attached to an aromatic ring is 1. The SMILES string of the molecule is CON=C(C(=O)NC1C(=O)N2C(C(=O)O)=C(C=COS(=O)(=O)c3ccc(C)cc3)CS(=O)[C@@H]12)c1nsc(N)n1. The second kappa shape index (κ2) is 10.9. The zero-order chi connectivity index (χ0) is 28.5. The van der Waals surface area contributed by atoms with E-state index in [-0.39, 0.29) is 27.2 Å². The number of oxime groups is 1. The van der Waals surface area contributed by atoms with E-state index < -0.39 is 61.5 Å². The van der Waals surface area contributed by atoms with Crippen LogP contribution in [0.1, 0.15) is 11.4 Å². The number of β-lactam (4-membered cyclic amide) rings is 1. The predicted octanol–water partition coefficient (Wildman–Crippen LogP) is -0.547. The van der Waals surface area contributed by atoms with Gasteiger partial charge in [0.05, 0.1) is 16.6 Å².